The van der Waals surface area contributed by atoms with E-state index >= 15 is 0 Å². The topological polar surface area (TPSA) is 52.6 Å². The monoisotopic (exact) mass is 330 g/mol. The fourth-order valence-electron chi connectivity index (χ4n) is 3.19. The molecule has 0 bridgehead atoms. The van der Waals surface area contributed by atoms with Crippen LogP contribution in [0, 0.1) is 0 Å². The van der Waals surface area contributed by atoms with Crippen LogP contribution in [0.2, 0.25) is 0 Å². The van der Waals surface area contributed by atoms with Gasteiger partial charge in [0.1, 0.15) is 0 Å². The van der Waals surface area contributed by atoms with Gasteiger partial charge in [0.05, 0.1) is 18.7 Å². The van der Waals surface area contributed by atoms with Crippen LogP contribution in [-0.2, 0) is 6.42 Å². The van der Waals surface area contributed by atoms with E-state index in [1.165, 1.54) is 10.4 Å². The van der Waals surface area contributed by atoms with Crippen LogP contribution < -0.4 is 5.32 Å². The van der Waals surface area contributed by atoms with E-state index in [1.807, 2.05) is 35.7 Å². The smallest absolute Gasteiger partial charge is 0.318 e. The van der Waals surface area contributed by atoms with Gasteiger partial charge in [0.2, 0.25) is 0 Å². The SMILES string of the molecule is CCC(NC(=O)N1CCc2ccccc2C1CO)c1cccs1. The first-order valence-electron chi connectivity index (χ1n) is 8.03. The number of thiophene rings is 1. The van der Waals surface area contributed by atoms with E-state index in [0.29, 0.717) is 6.54 Å². The summed E-state index contributed by atoms with van der Waals surface area (Å²) in [7, 11) is 0. The van der Waals surface area contributed by atoms with Crippen molar-refractivity contribution in [2.75, 3.05) is 13.2 Å². The molecule has 0 aliphatic carbocycles. The van der Waals surface area contributed by atoms with Gasteiger partial charge in [0.15, 0.2) is 0 Å². The van der Waals surface area contributed by atoms with Crippen molar-refractivity contribution in [1.29, 1.82) is 0 Å². The highest BCUT2D eigenvalue weighted by atomic mass is 32.1. The molecule has 23 heavy (non-hydrogen) atoms. The Hall–Kier alpha value is -1.85. The summed E-state index contributed by atoms with van der Waals surface area (Å²) in [5.74, 6) is 0. The molecule has 5 heteroatoms. The van der Waals surface area contributed by atoms with Gasteiger partial charge in [0.25, 0.3) is 0 Å². The number of amides is 2. The van der Waals surface area contributed by atoms with Crippen molar-refractivity contribution in [3.63, 3.8) is 0 Å². The van der Waals surface area contributed by atoms with E-state index in [1.54, 1.807) is 16.2 Å². The lowest BCUT2D eigenvalue weighted by Crippen LogP contribution is -2.47. The number of aliphatic hydroxyl groups excluding tert-OH is 1. The zero-order valence-corrected chi connectivity index (χ0v) is 14.1. The molecule has 0 fully saturated rings. The first-order valence-corrected chi connectivity index (χ1v) is 8.91. The van der Waals surface area contributed by atoms with Gasteiger partial charge in [-0.1, -0.05) is 37.3 Å². The number of aliphatic hydroxyl groups is 1. The summed E-state index contributed by atoms with van der Waals surface area (Å²) in [6.45, 7) is 2.65. The number of hydrogen-bond acceptors (Lipinski definition) is 3. The van der Waals surface area contributed by atoms with E-state index in [2.05, 4.69) is 18.3 Å². The molecule has 0 spiro atoms. The molecular weight excluding hydrogens is 308 g/mol. The minimum Gasteiger partial charge on any atom is -0.394 e. The second-order valence-corrected chi connectivity index (χ2v) is 6.75. The summed E-state index contributed by atoms with van der Waals surface area (Å²) in [5.41, 5.74) is 2.28. The second-order valence-electron chi connectivity index (χ2n) is 5.77. The molecule has 2 heterocycles. The van der Waals surface area contributed by atoms with Crippen molar-refractivity contribution in [1.82, 2.24) is 10.2 Å². The summed E-state index contributed by atoms with van der Waals surface area (Å²) in [6, 6.07) is 11.8. The van der Waals surface area contributed by atoms with E-state index in [-0.39, 0.29) is 24.7 Å². The van der Waals surface area contributed by atoms with Gasteiger partial charge in [-0.15, -0.1) is 11.3 Å². The highest BCUT2D eigenvalue weighted by Gasteiger charge is 2.31. The molecule has 4 nitrogen and oxygen atoms in total. The Kier molecular flexibility index (Phi) is 4.98. The minimum atomic E-state index is -0.263. The summed E-state index contributed by atoms with van der Waals surface area (Å²) < 4.78 is 0. The van der Waals surface area contributed by atoms with Crippen LogP contribution in [0.3, 0.4) is 0 Å². The van der Waals surface area contributed by atoms with Crippen molar-refractivity contribution in [3.05, 3.63) is 57.8 Å². The number of fused-ring (bicyclic) bond motifs is 1. The molecule has 2 aromatic rings. The summed E-state index contributed by atoms with van der Waals surface area (Å²) in [5, 5.41) is 15.0. The number of nitrogens with zero attached hydrogens (tertiary/aromatic N) is 1. The van der Waals surface area contributed by atoms with E-state index in [4.69, 9.17) is 0 Å². The maximum absolute atomic E-state index is 12.8. The van der Waals surface area contributed by atoms with Crippen molar-refractivity contribution in [2.45, 2.75) is 31.8 Å². The lowest BCUT2D eigenvalue weighted by molar-refractivity contribution is 0.124. The molecule has 1 aliphatic rings. The highest BCUT2D eigenvalue weighted by molar-refractivity contribution is 7.10. The maximum atomic E-state index is 12.8. The summed E-state index contributed by atoms with van der Waals surface area (Å²) in [6.07, 6.45) is 1.68. The zero-order chi connectivity index (χ0) is 16.2. The Balaban J connectivity index is 1.77. The predicted molar refractivity (Wildman–Crippen MR) is 92.6 cm³/mol. The number of carbonyl (C=O) groups is 1. The molecule has 1 aromatic carbocycles. The van der Waals surface area contributed by atoms with Crippen LogP contribution in [0.5, 0.6) is 0 Å². The molecule has 1 aromatic heterocycles. The third-order valence-electron chi connectivity index (χ3n) is 4.44. The number of carbonyl (C=O) groups excluding carboxylic acids is 1. The Bertz CT molecular complexity index is 657. The molecule has 122 valence electrons. The van der Waals surface area contributed by atoms with Crippen LogP contribution >= 0.6 is 11.3 Å². The molecule has 0 saturated heterocycles. The molecule has 1 aliphatic heterocycles. The van der Waals surface area contributed by atoms with Gasteiger partial charge in [-0.25, -0.2) is 4.79 Å². The highest BCUT2D eigenvalue weighted by Crippen LogP contribution is 2.30. The predicted octanol–water partition coefficient (Wildman–Crippen LogP) is 3.50. The third kappa shape index (κ3) is 3.26. The average Bonchev–Trinajstić information content (AvgIpc) is 3.12. The molecule has 2 amide bonds. The molecule has 2 atom stereocenters. The van der Waals surface area contributed by atoms with Gasteiger partial charge in [-0.2, -0.15) is 0 Å². The average molecular weight is 330 g/mol. The number of hydrogen-bond donors (Lipinski definition) is 2. The number of benzene rings is 1. The Morgan fingerprint density at radius 1 is 1.39 bits per heavy atom. The van der Waals surface area contributed by atoms with Crippen molar-refractivity contribution in [2.24, 2.45) is 0 Å². The minimum absolute atomic E-state index is 0.0269. The Morgan fingerprint density at radius 3 is 2.91 bits per heavy atom. The normalized spacial score (nSPS) is 18.3. The second kappa shape index (κ2) is 7.15. The lowest BCUT2D eigenvalue weighted by atomic mass is 9.93. The fourth-order valence-corrected chi connectivity index (χ4v) is 4.05. The quantitative estimate of drug-likeness (QED) is 0.901. The van der Waals surface area contributed by atoms with Gasteiger partial charge in [0, 0.05) is 11.4 Å². The zero-order valence-electron chi connectivity index (χ0n) is 13.2. The summed E-state index contributed by atoms with van der Waals surface area (Å²) >= 11 is 1.66. The van der Waals surface area contributed by atoms with Crippen molar-refractivity contribution in [3.8, 4) is 0 Å². The molecule has 2 N–H and O–H groups in total. The number of urea groups is 1. The van der Waals surface area contributed by atoms with Gasteiger partial charge in [-0.3, -0.25) is 0 Å². The molecular formula is C18H22N2O2S. The van der Waals surface area contributed by atoms with Gasteiger partial charge >= 0.3 is 6.03 Å². The molecule has 0 saturated carbocycles. The van der Waals surface area contributed by atoms with Crippen molar-refractivity contribution < 1.29 is 9.90 Å². The first kappa shape index (κ1) is 16.0. The van der Waals surface area contributed by atoms with E-state index in [9.17, 15) is 9.90 Å². The molecule has 2 unspecified atom stereocenters. The summed E-state index contributed by atoms with van der Waals surface area (Å²) in [4.78, 5) is 15.7. The van der Waals surface area contributed by atoms with Crippen LogP contribution in [0.1, 0.15) is 41.4 Å². The largest absolute Gasteiger partial charge is 0.394 e. The van der Waals surface area contributed by atoms with Crippen LogP contribution in [0.15, 0.2) is 41.8 Å². The van der Waals surface area contributed by atoms with E-state index < -0.39 is 0 Å². The number of nitrogens with one attached hydrogen (secondary N) is 1. The Morgan fingerprint density at radius 2 is 2.22 bits per heavy atom. The Labute approximate surface area is 140 Å². The molecule has 0 radical (unpaired) electrons. The standard InChI is InChI=1S/C18H22N2O2S/c1-2-15(17-8-5-11-23-17)19-18(22)20-10-9-13-6-3-4-7-14(13)16(20)12-21/h3-8,11,15-16,21H,2,9-10,12H2,1H3,(H,19,22). The van der Waals surface area contributed by atoms with Crippen LogP contribution in [0.4, 0.5) is 4.79 Å². The first-order chi connectivity index (χ1) is 11.2. The van der Waals surface area contributed by atoms with Gasteiger partial charge < -0.3 is 15.3 Å². The third-order valence-corrected chi connectivity index (χ3v) is 5.42. The van der Waals surface area contributed by atoms with Gasteiger partial charge in [-0.05, 0) is 35.4 Å². The maximum Gasteiger partial charge on any atom is 0.318 e. The van der Waals surface area contributed by atoms with Crippen LogP contribution in [0.25, 0.3) is 0 Å². The number of rotatable bonds is 4. The van der Waals surface area contributed by atoms with E-state index in [0.717, 1.165) is 18.4 Å². The van der Waals surface area contributed by atoms with Crippen LogP contribution in [-0.4, -0.2) is 29.2 Å². The fraction of sp³-hybridized carbons (Fsp3) is 0.389. The lowest BCUT2D eigenvalue weighted by Gasteiger charge is -2.37. The van der Waals surface area contributed by atoms with Crippen molar-refractivity contribution >= 4 is 17.4 Å². The molecule has 3 rings (SSSR count).